The van der Waals surface area contributed by atoms with E-state index in [2.05, 4.69) is 4.40 Å². The zero-order chi connectivity index (χ0) is 12.1. The van der Waals surface area contributed by atoms with E-state index in [0.717, 1.165) is 5.56 Å². The smallest absolute Gasteiger partial charge is 0.172 e. The van der Waals surface area contributed by atoms with Crippen LogP contribution in [0.2, 0.25) is 5.02 Å². The van der Waals surface area contributed by atoms with Crippen LogP contribution in [-0.4, -0.2) is 10.4 Å². The Labute approximate surface area is 108 Å². The van der Waals surface area contributed by atoms with Crippen LogP contribution < -0.4 is 0 Å². The van der Waals surface area contributed by atoms with E-state index >= 15 is 0 Å². The molecule has 0 aliphatic heterocycles. The molecule has 2 rings (SSSR count). The molecule has 0 aliphatic carbocycles. The highest BCUT2D eigenvalue weighted by atomic mass is 35.5. The van der Waals surface area contributed by atoms with Crippen molar-refractivity contribution in [2.45, 2.75) is 4.90 Å². The Morgan fingerprint density at radius 3 is 2.29 bits per heavy atom. The minimum absolute atomic E-state index is 0.673. The summed E-state index contributed by atoms with van der Waals surface area (Å²) in [6, 6.07) is 16.3. The highest BCUT2D eigenvalue weighted by molar-refractivity contribution is 7.83. The molecule has 0 heterocycles. The van der Waals surface area contributed by atoms with Gasteiger partial charge < -0.3 is 0 Å². The van der Waals surface area contributed by atoms with Gasteiger partial charge in [0.1, 0.15) is 0 Å². The standard InChI is InChI=1S/C13H10ClNOS/c14-12-8-6-11(7-9-12)10-15-17(16)13-4-2-1-3-5-13/h1-10H/b15-10+. The Hall–Kier alpha value is -1.45. The van der Waals surface area contributed by atoms with E-state index in [1.54, 1.807) is 30.5 Å². The molecule has 0 radical (unpaired) electrons. The van der Waals surface area contributed by atoms with Gasteiger partial charge >= 0.3 is 0 Å². The lowest BCUT2D eigenvalue weighted by molar-refractivity contribution is 0.684. The highest BCUT2D eigenvalue weighted by Gasteiger charge is 1.98. The Morgan fingerprint density at radius 1 is 1.00 bits per heavy atom. The van der Waals surface area contributed by atoms with E-state index < -0.39 is 11.0 Å². The van der Waals surface area contributed by atoms with Crippen molar-refractivity contribution in [3.05, 3.63) is 65.2 Å². The summed E-state index contributed by atoms with van der Waals surface area (Å²) in [7, 11) is -1.35. The van der Waals surface area contributed by atoms with Gasteiger partial charge in [-0.2, -0.15) is 4.40 Å². The van der Waals surface area contributed by atoms with Gasteiger partial charge in [0.2, 0.25) is 0 Å². The number of rotatable bonds is 3. The quantitative estimate of drug-likeness (QED) is 0.780. The van der Waals surface area contributed by atoms with Crippen molar-refractivity contribution < 1.29 is 4.21 Å². The van der Waals surface area contributed by atoms with Crippen molar-refractivity contribution in [1.82, 2.24) is 0 Å². The Bertz CT molecular complexity index is 537. The molecule has 0 fully saturated rings. The van der Waals surface area contributed by atoms with Crippen molar-refractivity contribution in [2.75, 3.05) is 0 Å². The third-order valence-electron chi connectivity index (χ3n) is 2.11. The van der Waals surface area contributed by atoms with E-state index in [1.807, 2.05) is 30.3 Å². The Kier molecular flexibility index (Phi) is 4.07. The first-order chi connectivity index (χ1) is 8.25. The molecule has 2 aromatic rings. The van der Waals surface area contributed by atoms with Crippen LogP contribution in [0.4, 0.5) is 0 Å². The van der Waals surface area contributed by atoms with E-state index in [4.69, 9.17) is 11.6 Å². The summed E-state index contributed by atoms with van der Waals surface area (Å²) < 4.78 is 15.8. The van der Waals surface area contributed by atoms with Crippen LogP contribution in [0.1, 0.15) is 5.56 Å². The minimum atomic E-state index is -1.35. The van der Waals surface area contributed by atoms with Crippen molar-refractivity contribution in [3.8, 4) is 0 Å². The summed E-state index contributed by atoms with van der Waals surface area (Å²) in [6.45, 7) is 0. The Morgan fingerprint density at radius 2 is 1.65 bits per heavy atom. The van der Waals surface area contributed by atoms with Gasteiger partial charge in [0.25, 0.3) is 0 Å². The zero-order valence-electron chi connectivity index (χ0n) is 8.92. The summed E-state index contributed by atoms with van der Waals surface area (Å²) in [5.74, 6) is 0. The molecule has 0 N–H and O–H groups in total. The van der Waals surface area contributed by atoms with Gasteiger partial charge in [-0.05, 0) is 29.8 Å². The molecule has 1 unspecified atom stereocenters. The predicted octanol–water partition coefficient (Wildman–Crippen LogP) is 3.48. The van der Waals surface area contributed by atoms with Gasteiger partial charge in [-0.1, -0.05) is 41.9 Å². The molecule has 2 nitrogen and oxygen atoms in total. The van der Waals surface area contributed by atoms with Crippen molar-refractivity contribution >= 4 is 28.8 Å². The van der Waals surface area contributed by atoms with Crippen LogP contribution in [0.15, 0.2) is 63.9 Å². The first-order valence-corrected chi connectivity index (χ1v) is 6.51. The van der Waals surface area contributed by atoms with E-state index in [-0.39, 0.29) is 0 Å². The summed E-state index contributed by atoms with van der Waals surface area (Å²) in [4.78, 5) is 0.692. The lowest BCUT2D eigenvalue weighted by atomic mass is 10.2. The molecule has 0 bridgehead atoms. The fraction of sp³-hybridized carbons (Fsp3) is 0. The molecular formula is C13H10ClNOS. The molecule has 0 saturated heterocycles. The van der Waals surface area contributed by atoms with Crippen LogP contribution >= 0.6 is 11.6 Å². The van der Waals surface area contributed by atoms with Gasteiger partial charge in [-0.15, -0.1) is 0 Å². The molecule has 0 aliphatic rings. The zero-order valence-corrected chi connectivity index (χ0v) is 10.5. The van der Waals surface area contributed by atoms with Crippen LogP contribution in [-0.2, 0) is 11.0 Å². The normalized spacial score (nSPS) is 12.8. The second kappa shape index (κ2) is 5.75. The van der Waals surface area contributed by atoms with Crippen molar-refractivity contribution in [1.29, 1.82) is 0 Å². The molecule has 0 amide bonds. The third-order valence-corrected chi connectivity index (χ3v) is 3.34. The number of hydrogen-bond acceptors (Lipinski definition) is 1. The third kappa shape index (κ3) is 3.51. The average molecular weight is 264 g/mol. The highest BCUT2D eigenvalue weighted by Crippen LogP contribution is 2.09. The number of benzene rings is 2. The van der Waals surface area contributed by atoms with Gasteiger partial charge in [-0.25, -0.2) is 4.21 Å². The summed E-state index contributed by atoms with van der Waals surface area (Å²) in [5, 5.41) is 0.673. The topological polar surface area (TPSA) is 29.4 Å². The maximum Gasteiger partial charge on any atom is 0.172 e. The number of hydrogen-bond donors (Lipinski definition) is 0. The van der Waals surface area contributed by atoms with Gasteiger partial charge in [-0.3, -0.25) is 0 Å². The molecule has 17 heavy (non-hydrogen) atoms. The van der Waals surface area contributed by atoms with Crippen molar-refractivity contribution in [3.63, 3.8) is 0 Å². The van der Waals surface area contributed by atoms with Crippen molar-refractivity contribution in [2.24, 2.45) is 4.40 Å². The molecule has 2 aromatic carbocycles. The Balaban J connectivity index is 2.11. The van der Waals surface area contributed by atoms with Crippen LogP contribution in [0, 0.1) is 0 Å². The van der Waals surface area contributed by atoms with Crippen LogP contribution in [0.5, 0.6) is 0 Å². The number of halogens is 1. The fourth-order valence-corrected chi connectivity index (χ4v) is 2.11. The molecule has 86 valence electrons. The largest absolute Gasteiger partial charge is 0.229 e. The molecular weight excluding hydrogens is 254 g/mol. The fourth-order valence-electron chi connectivity index (χ4n) is 1.26. The molecule has 4 heteroatoms. The maximum atomic E-state index is 11.8. The second-order valence-corrected chi connectivity index (χ2v) is 4.97. The van der Waals surface area contributed by atoms with Gasteiger partial charge in [0.15, 0.2) is 11.0 Å². The lowest BCUT2D eigenvalue weighted by Crippen LogP contribution is -1.88. The van der Waals surface area contributed by atoms with E-state index in [1.165, 1.54) is 0 Å². The lowest BCUT2D eigenvalue weighted by Gasteiger charge is -1.95. The summed E-state index contributed by atoms with van der Waals surface area (Å²) in [6.07, 6.45) is 1.58. The molecule has 0 spiro atoms. The number of nitrogens with zero attached hydrogens (tertiary/aromatic N) is 1. The summed E-state index contributed by atoms with van der Waals surface area (Å²) in [5.41, 5.74) is 0.874. The monoisotopic (exact) mass is 263 g/mol. The van der Waals surface area contributed by atoms with Gasteiger partial charge in [0.05, 0.1) is 4.90 Å². The molecule has 0 aromatic heterocycles. The predicted molar refractivity (Wildman–Crippen MR) is 71.9 cm³/mol. The first kappa shape index (κ1) is 12.0. The molecule has 1 atom stereocenters. The second-order valence-electron chi connectivity index (χ2n) is 3.35. The first-order valence-electron chi connectivity index (χ1n) is 5.02. The average Bonchev–Trinajstić information content (AvgIpc) is 2.39. The molecule has 0 saturated carbocycles. The van der Waals surface area contributed by atoms with Crippen LogP contribution in [0.3, 0.4) is 0 Å². The van der Waals surface area contributed by atoms with Crippen LogP contribution in [0.25, 0.3) is 0 Å². The SMILES string of the molecule is O=S(/N=C/c1ccc(Cl)cc1)c1ccccc1. The maximum absolute atomic E-state index is 11.8. The summed E-state index contributed by atoms with van der Waals surface area (Å²) >= 11 is 5.77. The van der Waals surface area contributed by atoms with Gasteiger partial charge in [0, 0.05) is 11.2 Å². The minimum Gasteiger partial charge on any atom is -0.229 e. The van der Waals surface area contributed by atoms with E-state index in [9.17, 15) is 4.21 Å². The van der Waals surface area contributed by atoms with E-state index in [0.29, 0.717) is 9.92 Å².